The molecule has 0 unspecified atom stereocenters. The van der Waals surface area contributed by atoms with E-state index in [1.807, 2.05) is 0 Å². The van der Waals surface area contributed by atoms with Gasteiger partial charge in [-0.3, -0.25) is 4.79 Å². The second-order valence-electron chi connectivity index (χ2n) is 4.38. The second-order valence-corrected chi connectivity index (χ2v) is 5.19. The van der Waals surface area contributed by atoms with Crippen molar-refractivity contribution in [1.82, 2.24) is 0 Å². The van der Waals surface area contributed by atoms with Gasteiger partial charge in [0.25, 0.3) is 5.91 Å². The van der Waals surface area contributed by atoms with Crippen LogP contribution in [0.4, 0.5) is 10.1 Å². The Bertz CT molecular complexity index is 703. The normalized spacial score (nSPS) is 10.2. The van der Waals surface area contributed by atoms with Crippen molar-refractivity contribution in [2.75, 3.05) is 11.9 Å². The zero-order chi connectivity index (χ0) is 15.6. The molecule has 0 saturated heterocycles. The predicted molar refractivity (Wildman–Crippen MR) is 86.5 cm³/mol. The van der Waals surface area contributed by atoms with E-state index in [1.165, 1.54) is 23.1 Å². The van der Waals surface area contributed by atoms with E-state index >= 15 is 0 Å². The Morgan fingerprint density at radius 1 is 1.24 bits per heavy atom. The van der Waals surface area contributed by atoms with E-state index in [1.54, 1.807) is 31.3 Å². The molecular formula is C15H12ClFN2OS. The molecule has 0 radical (unpaired) electrons. The lowest BCUT2D eigenvalue weighted by molar-refractivity contribution is 0.0992. The number of carbonyl (C=O) groups excluding carboxylic acids is 1. The number of carbonyl (C=O) groups is 1. The van der Waals surface area contributed by atoms with E-state index in [9.17, 15) is 9.18 Å². The number of thiocarbonyl (C=S) groups is 1. The number of amides is 1. The highest BCUT2D eigenvalue weighted by molar-refractivity contribution is 7.80. The number of halogens is 2. The Hall–Kier alpha value is -1.98. The van der Waals surface area contributed by atoms with Gasteiger partial charge in [-0.15, -0.1) is 0 Å². The molecule has 21 heavy (non-hydrogen) atoms. The van der Waals surface area contributed by atoms with Crippen molar-refractivity contribution in [3.8, 4) is 0 Å². The highest BCUT2D eigenvalue weighted by Crippen LogP contribution is 2.23. The van der Waals surface area contributed by atoms with Gasteiger partial charge < -0.3 is 10.6 Å². The van der Waals surface area contributed by atoms with E-state index in [-0.39, 0.29) is 15.6 Å². The summed E-state index contributed by atoms with van der Waals surface area (Å²) in [4.78, 5) is 14.0. The molecule has 2 aromatic carbocycles. The van der Waals surface area contributed by atoms with Crippen LogP contribution in [-0.4, -0.2) is 17.9 Å². The fraction of sp³-hybridized carbons (Fsp3) is 0.0667. The molecule has 0 bridgehead atoms. The first-order valence-electron chi connectivity index (χ1n) is 6.03. The van der Waals surface area contributed by atoms with E-state index < -0.39 is 11.7 Å². The summed E-state index contributed by atoms with van der Waals surface area (Å²) >= 11 is 10.7. The Labute approximate surface area is 132 Å². The van der Waals surface area contributed by atoms with Crippen molar-refractivity contribution >= 4 is 40.4 Å². The summed E-state index contributed by atoms with van der Waals surface area (Å²) in [5, 5.41) is -0.186. The highest BCUT2D eigenvalue weighted by atomic mass is 35.5. The van der Waals surface area contributed by atoms with Gasteiger partial charge in [-0.25, -0.2) is 4.39 Å². The van der Waals surface area contributed by atoms with Gasteiger partial charge in [0.15, 0.2) is 0 Å². The van der Waals surface area contributed by atoms with Crippen molar-refractivity contribution in [2.24, 2.45) is 5.73 Å². The summed E-state index contributed by atoms with van der Waals surface area (Å²) < 4.78 is 13.4. The van der Waals surface area contributed by atoms with Crippen molar-refractivity contribution in [1.29, 1.82) is 0 Å². The Morgan fingerprint density at radius 3 is 2.43 bits per heavy atom. The van der Waals surface area contributed by atoms with Gasteiger partial charge in [0.1, 0.15) is 10.8 Å². The third-order valence-electron chi connectivity index (χ3n) is 3.03. The lowest BCUT2D eigenvalue weighted by atomic mass is 10.1. The molecule has 2 rings (SSSR count). The summed E-state index contributed by atoms with van der Waals surface area (Å²) in [6.45, 7) is 0. The molecule has 0 aliphatic carbocycles. The summed E-state index contributed by atoms with van der Waals surface area (Å²) in [7, 11) is 1.58. The van der Waals surface area contributed by atoms with Crippen LogP contribution in [-0.2, 0) is 0 Å². The van der Waals surface area contributed by atoms with Gasteiger partial charge in [0.2, 0.25) is 0 Å². The molecule has 0 atom stereocenters. The molecule has 1 amide bonds. The molecule has 0 aromatic heterocycles. The molecule has 0 aliphatic rings. The minimum atomic E-state index is -0.625. The molecule has 0 saturated carbocycles. The Morgan fingerprint density at radius 2 is 1.86 bits per heavy atom. The van der Waals surface area contributed by atoms with Gasteiger partial charge in [0, 0.05) is 18.3 Å². The topological polar surface area (TPSA) is 46.3 Å². The fourth-order valence-electron chi connectivity index (χ4n) is 1.82. The largest absolute Gasteiger partial charge is 0.389 e. The third-order valence-corrected chi connectivity index (χ3v) is 3.65. The Balaban J connectivity index is 2.30. The standard InChI is InChI=1S/C15H12ClFN2OS/c1-19(10-7-5-9(6-8-10)14(18)21)15(20)11-3-2-4-12(17)13(11)16/h2-8H,1H3,(H2,18,21). The molecule has 6 heteroatoms. The van der Waals surface area contributed by atoms with Gasteiger partial charge in [-0.1, -0.05) is 29.9 Å². The zero-order valence-electron chi connectivity index (χ0n) is 11.1. The molecular weight excluding hydrogens is 311 g/mol. The number of nitrogens with zero attached hydrogens (tertiary/aromatic N) is 1. The van der Waals surface area contributed by atoms with E-state index in [2.05, 4.69) is 0 Å². The van der Waals surface area contributed by atoms with E-state index in [0.29, 0.717) is 11.3 Å². The lowest BCUT2D eigenvalue weighted by Crippen LogP contribution is -2.26. The monoisotopic (exact) mass is 322 g/mol. The molecule has 3 nitrogen and oxygen atoms in total. The average molecular weight is 323 g/mol. The van der Waals surface area contributed by atoms with Crippen LogP contribution in [0, 0.1) is 5.82 Å². The highest BCUT2D eigenvalue weighted by Gasteiger charge is 2.18. The number of hydrogen-bond acceptors (Lipinski definition) is 2. The van der Waals surface area contributed by atoms with Crippen LogP contribution in [0.5, 0.6) is 0 Å². The van der Waals surface area contributed by atoms with Crippen LogP contribution in [0.3, 0.4) is 0 Å². The van der Waals surface area contributed by atoms with Crippen LogP contribution < -0.4 is 10.6 Å². The number of hydrogen-bond donors (Lipinski definition) is 1. The van der Waals surface area contributed by atoms with Gasteiger partial charge >= 0.3 is 0 Å². The molecule has 2 N–H and O–H groups in total. The van der Waals surface area contributed by atoms with E-state index in [0.717, 1.165) is 0 Å². The van der Waals surface area contributed by atoms with Gasteiger partial charge in [-0.05, 0) is 36.4 Å². The maximum absolute atomic E-state index is 13.4. The maximum Gasteiger partial charge on any atom is 0.259 e. The van der Waals surface area contributed by atoms with Crippen LogP contribution in [0.1, 0.15) is 15.9 Å². The fourth-order valence-corrected chi connectivity index (χ4v) is 2.16. The van der Waals surface area contributed by atoms with Crippen LogP contribution in [0.25, 0.3) is 0 Å². The Kier molecular flexibility index (Phi) is 4.55. The lowest BCUT2D eigenvalue weighted by Gasteiger charge is -2.18. The molecule has 0 fully saturated rings. The van der Waals surface area contributed by atoms with Crippen LogP contribution >= 0.6 is 23.8 Å². The van der Waals surface area contributed by atoms with Crippen molar-refractivity contribution in [3.05, 3.63) is 64.4 Å². The van der Waals surface area contributed by atoms with Crippen LogP contribution in [0.15, 0.2) is 42.5 Å². The smallest absolute Gasteiger partial charge is 0.259 e. The summed E-state index contributed by atoms with van der Waals surface area (Å²) in [6, 6.07) is 11.0. The maximum atomic E-state index is 13.4. The molecule has 108 valence electrons. The number of nitrogens with two attached hydrogens (primary N) is 1. The molecule has 2 aromatic rings. The zero-order valence-corrected chi connectivity index (χ0v) is 12.7. The first-order valence-corrected chi connectivity index (χ1v) is 6.82. The van der Waals surface area contributed by atoms with Gasteiger partial charge in [0.05, 0.1) is 10.6 Å². The number of rotatable bonds is 3. The quantitative estimate of drug-likeness (QED) is 0.881. The number of anilines is 1. The minimum Gasteiger partial charge on any atom is -0.389 e. The summed E-state index contributed by atoms with van der Waals surface area (Å²) in [5.41, 5.74) is 6.96. The summed E-state index contributed by atoms with van der Waals surface area (Å²) in [6.07, 6.45) is 0. The van der Waals surface area contributed by atoms with Crippen molar-refractivity contribution in [2.45, 2.75) is 0 Å². The van der Waals surface area contributed by atoms with Crippen molar-refractivity contribution in [3.63, 3.8) is 0 Å². The molecule has 0 aliphatic heterocycles. The summed E-state index contributed by atoms with van der Waals surface area (Å²) in [5.74, 6) is -1.03. The third kappa shape index (κ3) is 3.20. The van der Waals surface area contributed by atoms with Crippen LogP contribution in [0.2, 0.25) is 5.02 Å². The SMILES string of the molecule is CN(C(=O)c1cccc(F)c1Cl)c1ccc(C(N)=S)cc1. The van der Waals surface area contributed by atoms with E-state index in [4.69, 9.17) is 29.6 Å². The number of benzene rings is 2. The van der Waals surface area contributed by atoms with Gasteiger partial charge in [-0.2, -0.15) is 0 Å². The second kappa shape index (κ2) is 6.20. The molecule has 0 spiro atoms. The van der Waals surface area contributed by atoms with Crippen molar-refractivity contribution < 1.29 is 9.18 Å². The first kappa shape index (κ1) is 15.4. The molecule has 0 heterocycles. The minimum absolute atomic E-state index is 0.109. The predicted octanol–water partition coefficient (Wildman–Crippen LogP) is 3.39. The average Bonchev–Trinajstić information content (AvgIpc) is 2.48. The first-order chi connectivity index (χ1) is 9.91.